The second-order valence-electron chi connectivity index (χ2n) is 5.13. The minimum absolute atomic E-state index is 0.0216. The summed E-state index contributed by atoms with van der Waals surface area (Å²) in [6.07, 6.45) is 0.535. The number of anilines is 1. The molecule has 0 radical (unpaired) electrons. The van der Waals surface area contributed by atoms with Gasteiger partial charge in [-0.25, -0.2) is 0 Å². The predicted molar refractivity (Wildman–Crippen MR) is 76.9 cm³/mol. The molecule has 1 aromatic carbocycles. The largest absolute Gasteiger partial charge is 0.497 e. The Morgan fingerprint density at radius 3 is 3.00 bits per heavy atom. The quantitative estimate of drug-likeness (QED) is 0.906. The molecule has 1 atom stereocenters. The van der Waals surface area contributed by atoms with Gasteiger partial charge in [-0.15, -0.1) is 0 Å². The molecule has 1 saturated heterocycles. The Balaban J connectivity index is 1.87. The van der Waals surface area contributed by atoms with Gasteiger partial charge in [0.2, 0.25) is 5.91 Å². The lowest BCUT2D eigenvalue weighted by molar-refractivity contribution is -0.127. The normalized spacial score (nSPS) is 19.7. The molecule has 1 fully saturated rings. The summed E-state index contributed by atoms with van der Waals surface area (Å²) in [5.41, 5.74) is 0.718. The highest BCUT2D eigenvalue weighted by atomic mass is 16.5. The van der Waals surface area contributed by atoms with Crippen LogP contribution in [0.3, 0.4) is 0 Å². The molecule has 0 aliphatic carbocycles. The first-order valence-electron chi connectivity index (χ1n) is 6.77. The second-order valence-corrected chi connectivity index (χ2v) is 5.13. The van der Waals surface area contributed by atoms with Gasteiger partial charge in [0.15, 0.2) is 0 Å². The standard InChI is InChI=1S/C15H20N2O3/c1-11-9-17(7-6-14(11)18)10-15(19)16-12-4-3-5-13(8-12)20-2/h3-5,8,11H,6-7,9-10H2,1-2H3,(H,16,19). The summed E-state index contributed by atoms with van der Waals surface area (Å²) in [5, 5.41) is 2.84. The lowest BCUT2D eigenvalue weighted by Crippen LogP contribution is -2.43. The fraction of sp³-hybridized carbons (Fsp3) is 0.467. The summed E-state index contributed by atoms with van der Waals surface area (Å²) in [4.78, 5) is 25.5. The Bertz CT molecular complexity index is 502. The molecule has 5 heteroatoms. The number of rotatable bonds is 4. The van der Waals surface area contributed by atoms with Crippen LogP contribution in [-0.2, 0) is 9.59 Å². The molecular weight excluding hydrogens is 256 g/mol. The highest BCUT2D eigenvalue weighted by Crippen LogP contribution is 2.17. The molecule has 1 aliphatic rings. The van der Waals surface area contributed by atoms with E-state index in [1.807, 2.05) is 30.0 Å². The number of ether oxygens (including phenoxy) is 1. The Morgan fingerprint density at radius 1 is 1.50 bits per heavy atom. The number of methoxy groups -OCH3 is 1. The van der Waals surface area contributed by atoms with E-state index in [1.54, 1.807) is 13.2 Å². The molecule has 0 spiro atoms. The van der Waals surface area contributed by atoms with Crippen molar-refractivity contribution in [3.05, 3.63) is 24.3 Å². The highest BCUT2D eigenvalue weighted by Gasteiger charge is 2.24. The third-order valence-corrected chi connectivity index (χ3v) is 3.48. The summed E-state index contributed by atoms with van der Waals surface area (Å²) in [7, 11) is 1.59. The first-order valence-corrected chi connectivity index (χ1v) is 6.77. The monoisotopic (exact) mass is 276 g/mol. The van der Waals surface area contributed by atoms with E-state index in [-0.39, 0.29) is 17.6 Å². The van der Waals surface area contributed by atoms with Crippen molar-refractivity contribution in [2.75, 3.05) is 32.1 Å². The van der Waals surface area contributed by atoms with Crippen molar-refractivity contribution in [2.24, 2.45) is 5.92 Å². The highest BCUT2D eigenvalue weighted by molar-refractivity contribution is 5.92. The zero-order valence-electron chi connectivity index (χ0n) is 11.9. The number of likely N-dealkylation sites (tertiary alicyclic amines) is 1. The Hall–Kier alpha value is -1.88. The number of hydrogen-bond donors (Lipinski definition) is 1. The van der Waals surface area contributed by atoms with Gasteiger partial charge in [0, 0.05) is 37.2 Å². The minimum atomic E-state index is -0.0696. The van der Waals surface area contributed by atoms with E-state index in [0.717, 1.165) is 5.69 Å². The van der Waals surface area contributed by atoms with Crippen LogP contribution in [0.1, 0.15) is 13.3 Å². The van der Waals surface area contributed by atoms with Gasteiger partial charge >= 0.3 is 0 Å². The minimum Gasteiger partial charge on any atom is -0.497 e. The Labute approximate surface area is 118 Å². The molecule has 1 amide bonds. The predicted octanol–water partition coefficient (Wildman–Crippen LogP) is 1.54. The van der Waals surface area contributed by atoms with Crippen molar-refractivity contribution >= 4 is 17.4 Å². The van der Waals surface area contributed by atoms with Gasteiger partial charge in [0.1, 0.15) is 11.5 Å². The van der Waals surface area contributed by atoms with E-state index < -0.39 is 0 Å². The van der Waals surface area contributed by atoms with Crippen molar-refractivity contribution in [3.63, 3.8) is 0 Å². The topological polar surface area (TPSA) is 58.6 Å². The Kier molecular flexibility index (Phi) is 4.74. The number of hydrogen-bond acceptors (Lipinski definition) is 4. The summed E-state index contributed by atoms with van der Waals surface area (Å²) < 4.78 is 5.11. The molecule has 1 aromatic rings. The molecule has 108 valence electrons. The summed E-state index contributed by atoms with van der Waals surface area (Å²) in [5.74, 6) is 0.947. The van der Waals surface area contributed by atoms with Gasteiger partial charge in [0.05, 0.1) is 13.7 Å². The van der Waals surface area contributed by atoms with Gasteiger partial charge < -0.3 is 10.1 Å². The van der Waals surface area contributed by atoms with Gasteiger partial charge in [-0.05, 0) is 12.1 Å². The number of Topliss-reactive ketones (excluding diaryl/α,β-unsaturated/α-hetero) is 1. The van der Waals surface area contributed by atoms with Crippen LogP contribution >= 0.6 is 0 Å². The average molecular weight is 276 g/mol. The molecule has 0 aromatic heterocycles. The SMILES string of the molecule is COc1cccc(NC(=O)CN2CCC(=O)C(C)C2)c1. The second kappa shape index (κ2) is 6.52. The van der Waals surface area contributed by atoms with Gasteiger partial charge in [-0.3, -0.25) is 14.5 Å². The molecule has 2 rings (SSSR count). The molecule has 0 saturated carbocycles. The molecule has 5 nitrogen and oxygen atoms in total. The molecule has 1 N–H and O–H groups in total. The van der Waals surface area contributed by atoms with Crippen LogP contribution in [0.5, 0.6) is 5.75 Å². The van der Waals surface area contributed by atoms with Crippen molar-refractivity contribution < 1.29 is 14.3 Å². The van der Waals surface area contributed by atoms with Gasteiger partial charge in [0.25, 0.3) is 0 Å². The molecule has 1 aliphatic heterocycles. The number of piperidine rings is 1. The number of amides is 1. The molecular formula is C15H20N2O3. The third kappa shape index (κ3) is 3.81. The number of nitrogens with zero attached hydrogens (tertiary/aromatic N) is 1. The molecule has 0 bridgehead atoms. The maximum absolute atomic E-state index is 12.0. The Morgan fingerprint density at radius 2 is 2.30 bits per heavy atom. The summed E-state index contributed by atoms with van der Waals surface area (Å²) in [6.45, 7) is 3.54. The first kappa shape index (κ1) is 14.5. The van der Waals surface area contributed by atoms with Crippen LogP contribution < -0.4 is 10.1 Å². The van der Waals surface area contributed by atoms with Crippen LogP contribution in [0.25, 0.3) is 0 Å². The van der Waals surface area contributed by atoms with Crippen molar-refractivity contribution in [2.45, 2.75) is 13.3 Å². The first-order chi connectivity index (χ1) is 9.58. The van der Waals surface area contributed by atoms with Gasteiger partial charge in [-0.1, -0.05) is 13.0 Å². The van der Waals surface area contributed by atoms with Crippen molar-refractivity contribution in [3.8, 4) is 5.75 Å². The van der Waals surface area contributed by atoms with Crippen LogP contribution in [0.4, 0.5) is 5.69 Å². The summed E-state index contributed by atoms with van der Waals surface area (Å²) in [6, 6.07) is 7.26. The molecule has 1 unspecified atom stereocenters. The van der Waals surface area contributed by atoms with E-state index in [1.165, 1.54) is 0 Å². The number of carbonyl (C=O) groups excluding carboxylic acids is 2. The lowest BCUT2D eigenvalue weighted by atomic mass is 9.99. The maximum atomic E-state index is 12.0. The van der Waals surface area contributed by atoms with E-state index in [4.69, 9.17) is 4.74 Å². The fourth-order valence-electron chi connectivity index (χ4n) is 2.34. The van der Waals surface area contributed by atoms with Crippen molar-refractivity contribution in [1.82, 2.24) is 4.90 Å². The number of ketones is 1. The van der Waals surface area contributed by atoms with E-state index >= 15 is 0 Å². The number of benzene rings is 1. The van der Waals surface area contributed by atoms with Crippen LogP contribution in [0, 0.1) is 5.92 Å². The number of nitrogens with one attached hydrogen (secondary N) is 1. The third-order valence-electron chi connectivity index (χ3n) is 3.48. The zero-order valence-corrected chi connectivity index (χ0v) is 11.9. The number of carbonyl (C=O) groups is 2. The lowest BCUT2D eigenvalue weighted by Gasteiger charge is -2.29. The zero-order chi connectivity index (χ0) is 14.5. The summed E-state index contributed by atoms with van der Waals surface area (Å²) >= 11 is 0. The van der Waals surface area contributed by atoms with Gasteiger partial charge in [-0.2, -0.15) is 0 Å². The maximum Gasteiger partial charge on any atom is 0.238 e. The van der Waals surface area contributed by atoms with E-state index in [2.05, 4.69) is 5.32 Å². The molecule has 1 heterocycles. The van der Waals surface area contributed by atoms with E-state index in [9.17, 15) is 9.59 Å². The molecule has 20 heavy (non-hydrogen) atoms. The fourth-order valence-corrected chi connectivity index (χ4v) is 2.34. The van der Waals surface area contributed by atoms with E-state index in [0.29, 0.717) is 31.8 Å². The average Bonchev–Trinajstić information content (AvgIpc) is 2.43. The van der Waals surface area contributed by atoms with Crippen LogP contribution in [0.15, 0.2) is 24.3 Å². The van der Waals surface area contributed by atoms with Crippen LogP contribution in [-0.4, -0.2) is 43.3 Å². The van der Waals surface area contributed by atoms with Crippen LogP contribution in [0.2, 0.25) is 0 Å². The van der Waals surface area contributed by atoms with Crippen molar-refractivity contribution in [1.29, 1.82) is 0 Å². The smallest absolute Gasteiger partial charge is 0.238 e.